The molecule has 2 aromatic carbocycles. The van der Waals surface area contributed by atoms with E-state index in [9.17, 15) is 4.79 Å². The van der Waals surface area contributed by atoms with Crippen LogP contribution in [0, 0.1) is 13.8 Å². The highest BCUT2D eigenvalue weighted by Crippen LogP contribution is 2.25. The fraction of sp³-hybridized carbons (Fsp3) is 0.250. The molecule has 4 heteroatoms. The average molecular weight is 341 g/mol. The van der Waals surface area contributed by atoms with Crippen LogP contribution in [0.25, 0.3) is 10.9 Å². The first-order chi connectivity index (χ1) is 11.5. The molecule has 1 aromatic heterocycles. The van der Waals surface area contributed by atoms with E-state index in [4.69, 9.17) is 11.6 Å². The summed E-state index contributed by atoms with van der Waals surface area (Å²) in [5, 5.41) is 4.88. The summed E-state index contributed by atoms with van der Waals surface area (Å²) in [6.07, 6.45) is 1.21. The Morgan fingerprint density at radius 1 is 1.17 bits per heavy atom. The molecule has 0 atom stereocenters. The number of H-pyrrole nitrogens is 1. The summed E-state index contributed by atoms with van der Waals surface area (Å²) in [4.78, 5) is 15.5. The second kappa shape index (κ2) is 7.10. The number of nitrogens with one attached hydrogen (secondary N) is 2. The van der Waals surface area contributed by atoms with E-state index in [1.165, 1.54) is 5.56 Å². The van der Waals surface area contributed by atoms with Gasteiger partial charge in [-0.3, -0.25) is 4.79 Å². The highest BCUT2D eigenvalue weighted by molar-refractivity contribution is 6.31. The normalized spacial score (nSPS) is 11.0. The molecule has 3 rings (SSSR count). The first-order valence-electron chi connectivity index (χ1n) is 8.12. The third-order valence-corrected chi connectivity index (χ3v) is 4.63. The summed E-state index contributed by atoms with van der Waals surface area (Å²) < 4.78 is 0. The Morgan fingerprint density at radius 2 is 1.96 bits per heavy atom. The predicted molar refractivity (Wildman–Crippen MR) is 99.6 cm³/mol. The Labute approximate surface area is 147 Å². The van der Waals surface area contributed by atoms with Crippen LogP contribution >= 0.6 is 11.6 Å². The summed E-state index contributed by atoms with van der Waals surface area (Å²) >= 11 is 6.11. The van der Waals surface area contributed by atoms with Crippen molar-refractivity contribution >= 4 is 28.4 Å². The molecule has 124 valence electrons. The van der Waals surface area contributed by atoms with Gasteiger partial charge in [0.1, 0.15) is 0 Å². The van der Waals surface area contributed by atoms with Gasteiger partial charge in [0.2, 0.25) is 5.91 Å². The standard InChI is InChI=1S/C20H21ClN2O/c1-13-5-3-4-6-15(13)11-20(24)22-10-9-17-14(2)23-19-8-7-16(21)12-18(17)19/h3-8,12,23H,9-11H2,1-2H3,(H,22,24). The van der Waals surface area contributed by atoms with Crippen molar-refractivity contribution in [1.82, 2.24) is 10.3 Å². The van der Waals surface area contributed by atoms with Crippen molar-refractivity contribution in [2.45, 2.75) is 26.7 Å². The number of fused-ring (bicyclic) bond motifs is 1. The number of rotatable bonds is 5. The van der Waals surface area contributed by atoms with Gasteiger partial charge in [0.25, 0.3) is 0 Å². The lowest BCUT2D eigenvalue weighted by atomic mass is 10.1. The van der Waals surface area contributed by atoms with Crippen LogP contribution in [0.15, 0.2) is 42.5 Å². The molecule has 0 aliphatic rings. The molecule has 0 bridgehead atoms. The molecule has 0 saturated heterocycles. The number of aromatic nitrogens is 1. The number of aromatic amines is 1. The van der Waals surface area contributed by atoms with Gasteiger partial charge in [-0.25, -0.2) is 0 Å². The van der Waals surface area contributed by atoms with E-state index in [0.29, 0.717) is 13.0 Å². The maximum absolute atomic E-state index is 12.2. The van der Waals surface area contributed by atoms with Crippen LogP contribution in [-0.2, 0) is 17.6 Å². The van der Waals surface area contributed by atoms with E-state index < -0.39 is 0 Å². The largest absolute Gasteiger partial charge is 0.358 e. The van der Waals surface area contributed by atoms with Gasteiger partial charge < -0.3 is 10.3 Å². The summed E-state index contributed by atoms with van der Waals surface area (Å²) in [5.74, 6) is 0.0554. The molecule has 1 amide bonds. The zero-order chi connectivity index (χ0) is 17.1. The SMILES string of the molecule is Cc1ccccc1CC(=O)NCCc1c(C)[nH]c2ccc(Cl)cc12. The van der Waals surface area contributed by atoms with Crippen molar-refractivity contribution < 1.29 is 4.79 Å². The average Bonchev–Trinajstić information content (AvgIpc) is 2.85. The van der Waals surface area contributed by atoms with E-state index in [1.807, 2.05) is 49.4 Å². The van der Waals surface area contributed by atoms with Crippen LogP contribution < -0.4 is 5.32 Å². The zero-order valence-corrected chi connectivity index (χ0v) is 14.7. The van der Waals surface area contributed by atoms with Gasteiger partial charge in [-0.05, 0) is 55.2 Å². The number of aryl methyl sites for hydroxylation is 2. The smallest absolute Gasteiger partial charge is 0.224 e. The maximum atomic E-state index is 12.2. The summed E-state index contributed by atoms with van der Waals surface area (Å²) in [6.45, 7) is 4.70. The molecule has 1 heterocycles. The Hall–Kier alpha value is -2.26. The molecule has 3 nitrogen and oxygen atoms in total. The Morgan fingerprint density at radius 3 is 2.75 bits per heavy atom. The second-order valence-corrected chi connectivity index (χ2v) is 6.56. The number of halogens is 1. The summed E-state index contributed by atoms with van der Waals surface area (Å²) in [5.41, 5.74) is 5.64. The maximum Gasteiger partial charge on any atom is 0.224 e. The van der Waals surface area contributed by atoms with Gasteiger partial charge in [-0.1, -0.05) is 35.9 Å². The van der Waals surface area contributed by atoms with Crippen LogP contribution in [0.2, 0.25) is 5.02 Å². The van der Waals surface area contributed by atoms with Crippen LogP contribution in [0.1, 0.15) is 22.4 Å². The molecular weight excluding hydrogens is 320 g/mol. The first-order valence-corrected chi connectivity index (χ1v) is 8.50. The van der Waals surface area contributed by atoms with Crippen LogP contribution in [0.4, 0.5) is 0 Å². The monoisotopic (exact) mass is 340 g/mol. The van der Waals surface area contributed by atoms with Crippen molar-refractivity contribution in [3.05, 3.63) is 69.9 Å². The number of hydrogen-bond acceptors (Lipinski definition) is 1. The number of carbonyl (C=O) groups is 1. The topological polar surface area (TPSA) is 44.9 Å². The van der Waals surface area contributed by atoms with E-state index >= 15 is 0 Å². The fourth-order valence-corrected chi connectivity index (χ4v) is 3.22. The van der Waals surface area contributed by atoms with Crippen LogP contribution in [0.3, 0.4) is 0 Å². The van der Waals surface area contributed by atoms with Crippen molar-refractivity contribution in [1.29, 1.82) is 0 Å². The quantitative estimate of drug-likeness (QED) is 0.713. The molecule has 0 unspecified atom stereocenters. The van der Waals surface area contributed by atoms with Gasteiger partial charge in [-0.15, -0.1) is 0 Å². The lowest BCUT2D eigenvalue weighted by Crippen LogP contribution is -2.27. The van der Waals surface area contributed by atoms with E-state index in [1.54, 1.807) is 0 Å². The fourth-order valence-electron chi connectivity index (χ4n) is 3.05. The van der Waals surface area contributed by atoms with E-state index in [-0.39, 0.29) is 5.91 Å². The number of hydrogen-bond donors (Lipinski definition) is 2. The minimum Gasteiger partial charge on any atom is -0.358 e. The first kappa shape index (κ1) is 16.6. The van der Waals surface area contributed by atoms with Gasteiger partial charge in [0, 0.05) is 28.2 Å². The second-order valence-electron chi connectivity index (χ2n) is 6.12. The molecule has 2 N–H and O–H groups in total. The minimum atomic E-state index is 0.0554. The molecule has 0 aliphatic heterocycles. The number of benzene rings is 2. The molecule has 0 fully saturated rings. The van der Waals surface area contributed by atoms with Crippen LogP contribution in [0.5, 0.6) is 0 Å². The summed E-state index contributed by atoms with van der Waals surface area (Å²) in [6, 6.07) is 13.8. The van der Waals surface area contributed by atoms with Gasteiger partial charge in [-0.2, -0.15) is 0 Å². The van der Waals surface area contributed by atoms with Crippen molar-refractivity contribution in [2.75, 3.05) is 6.54 Å². The third-order valence-electron chi connectivity index (χ3n) is 4.39. The van der Waals surface area contributed by atoms with Gasteiger partial charge in [0.15, 0.2) is 0 Å². The Kier molecular flexibility index (Phi) is 4.91. The molecule has 0 radical (unpaired) electrons. The molecule has 0 spiro atoms. The van der Waals surface area contributed by atoms with Crippen LogP contribution in [-0.4, -0.2) is 17.4 Å². The Bertz CT molecular complexity index is 882. The zero-order valence-electron chi connectivity index (χ0n) is 13.9. The lowest BCUT2D eigenvalue weighted by Gasteiger charge is -2.08. The molecule has 0 saturated carbocycles. The Balaban J connectivity index is 1.62. The highest BCUT2D eigenvalue weighted by atomic mass is 35.5. The third kappa shape index (κ3) is 3.62. The predicted octanol–water partition coefficient (Wildman–Crippen LogP) is 4.34. The highest BCUT2D eigenvalue weighted by Gasteiger charge is 2.10. The molecular formula is C20H21ClN2O. The summed E-state index contributed by atoms with van der Waals surface area (Å²) in [7, 11) is 0. The molecule has 0 aliphatic carbocycles. The number of carbonyl (C=O) groups excluding carboxylic acids is 1. The molecule has 3 aromatic rings. The lowest BCUT2D eigenvalue weighted by molar-refractivity contribution is -0.120. The number of amides is 1. The van der Waals surface area contributed by atoms with E-state index in [2.05, 4.69) is 17.2 Å². The van der Waals surface area contributed by atoms with Gasteiger partial charge in [0.05, 0.1) is 6.42 Å². The van der Waals surface area contributed by atoms with Crippen molar-refractivity contribution in [2.24, 2.45) is 0 Å². The minimum absolute atomic E-state index is 0.0554. The van der Waals surface area contributed by atoms with Crippen molar-refractivity contribution in [3.8, 4) is 0 Å². The van der Waals surface area contributed by atoms with Crippen molar-refractivity contribution in [3.63, 3.8) is 0 Å². The van der Waals surface area contributed by atoms with Gasteiger partial charge >= 0.3 is 0 Å². The molecule has 24 heavy (non-hydrogen) atoms. The van der Waals surface area contributed by atoms with E-state index in [0.717, 1.165) is 39.2 Å².